The molecule has 0 radical (unpaired) electrons. The van der Waals surface area contributed by atoms with Crippen molar-refractivity contribution in [1.29, 1.82) is 0 Å². The van der Waals surface area contributed by atoms with E-state index in [2.05, 4.69) is 0 Å². The average molecular weight is 366 g/mol. The molecule has 0 spiro atoms. The standard InChI is InChI=1S/C21H18O6/c1-13-7-18-16(9-20(23)27-19(18)8-14(13)2)11-26-21(24)12-25-17-5-3-15(10-22)4-6-17/h3-10H,11-12H2,1-2H3. The minimum absolute atomic E-state index is 0.0587. The van der Waals surface area contributed by atoms with Gasteiger partial charge in [0.05, 0.1) is 0 Å². The number of fused-ring (bicyclic) bond motifs is 1. The molecule has 0 amide bonds. The Bertz CT molecular complexity index is 1050. The van der Waals surface area contributed by atoms with Crippen molar-refractivity contribution in [2.45, 2.75) is 20.5 Å². The third-order valence-electron chi connectivity index (χ3n) is 4.21. The second kappa shape index (κ2) is 7.86. The molecule has 3 rings (SSSR count). The van der Waals surface area contributed by atoms with E-state index in [4.69, 9.17) is 13.9 Å². The van der Waals surface area contributed by atoms with E-state index in [-0.39, 0.29) is 13.2 Å². The van der Waals surface area contributed by atoms with Crippen LogP contribution >= 0.6 is 0 Å². The molecule has 0 fully saturated rings. The molecule has 0 unspecified atom stereocenters. The fourth-order valence-corrected chi connectivity index (χ4v) is 2.59. The van der Waals surface area contributed by atoms with Gasteiger partial charge in [0.25, 0.3) is 0 Å². The highest BCUT2D eigenvalue weighted by Crippen LogP contribution is 2.22. The maximum Gasteiger partial charge on any atom is 0.344 e. The second-order valence-electron chi connectivity index (χ2n) is 6.16. The maximum absolute atomic E-state index is 11.9. The molecular weight excluding hydrogens is 348 g/mol. The van der Waals surface area contributed by atoms with Crippen LogP contribution in [0.5, 0.6) is 5.75 Å². The quantitative estimate of drug-likeness (QED) is 0.378. The van der Waals surface area contributed by atoms with Gasteiger partial charge >= 0.3 is 11.6 Å². The number of aldehydes is 1. The maximum atomic E-state index is 11.9. The molecule has 0 bridgehead atoms. The molecule has 0 saturated heterocycles. The van der Waals surface area contributed by atoms with Crippen LogP contribution in [0.15, 0.2) is 51.7 Å². The lowest BCUT2D eigenvalue weighted by Gasteiger charge is -2.10. The second-order valence-corrected chi connectivity index (χ2v) is 6.16. The Labute approximate surface area is 155 Å². The van der Waals surface area contributed by atoms with E-state index in [1.807, 2.05) is 19.9 Å². The summed E-state index contributed by atoms with van der Waals surface area (Å²) in [7, 11) is 0. The Hall–Kier alpha value is -3.41. The smallest absolute Gasteiger partial charge is 0.344 e. The number of rotatable bonds is 6. The van der Waals surface area contributed by atoms with Crippen LogP contribution < -0.4 is 10.4 Å². The Morgan fingerprint density at radius 2 is 1.78 bits per heavy atom. The summed E-state index contributed by atoms with van der Waals surface area (Å²) in [6.07, 6.45) is 0.724. The molecule has 6 heteroatoms. The fraction of sp³-hybridized carbons (Fsp3) is 0.190. The van der Waals surface area contributed by atoms with Crippen LogP contribution in [0, 0.1) is 13.8 Å². The van der Waals surface area contributed by atoms with Crippen molar-refractivity contribution in [3.05, 3.63) is 75.1 Å². The summed E-state index contributed by atoms with van der Waals surface area (Å²) < 4.78 is 15.8. The molecule has 2 aromatic carbocycles. The van der Waals surface area contributed by atoms with Gasteiger partial charge in [0.15, 0.2) is 6.61 Å². The Balaban J connectivity index is 1.66. The summed E-state index contributed by atoms with van der Waals surface area (Å²) in [4.78, 5) is 34.3. The number of hydrogen-bond donors (Lipinski definition) is 0. The number of aryl methyl sites for hydroxylation is 2. The summed E-state index contributed by atoms with van der Waals surface area (Å²) >= 11 is 0. The van der Waals surface area contributed by atoms with E-state index in [0.717, 1.165) is 22.8 Å². The molecule has 0 saturated carbocycles. The van der Waals surface area contributed by atoms with Crippen molar-refractivity contribution in [2.75, 3.05) is 6.61 Å². The van der Waals surface area contributed by atoms with Crippen LogP contribution in [-0.4, -0.2) is 18.9 Å². The van der Waals surface area contributed by atoms with Gasteiger partial charge in [-0.15, -0.1) is 0 Å². The molecular formula is C21H18O6. The average Bonchev–Trinajstić information content (AvgIpc) is 2.66. The first-order chi connectivity index (χ1) is 13.0. The highest BCUT2D eigenvalue weighted by molar-refractivity contribution is 5.82. The molecule has 0 N–H and O–H groups in total. The highest BCUT2D eigenvalue weighted by Gasteiger charge is 2.11. The number of hydrogen-bond acceptors (Lipinski definition) is 6. The zero-order valence-electron chi connectivity index (χ0n) is 15.0. The van der Waals surface area contributed by atoms with Crippen LogP contribution in [0.2, 0.25) is 0 Å². The SMILES string of the molecule is Cc1cc2oc(=O)cc(COC(=O)COc3ccc(C=O)cc3)c2cc1C. The zero-order valence-corrected chi connectivity index (χ0v) is 15.0. The first kappa shape index (κ1) is 18.4. The summed E-state index contributed by atoms with van der Waals surface area (Å²) in [5.41, 5.74) is 3.12. The van der Waals surface area contributed by atoms with Gasteiger partial charge in [-0.1, -0.05) is 0 Å². The zero-order chi connectivity index (χ0) is 19.4. The lowest BCUT2D eigenvalue weighted by atomic mass is 10.0. The van der Waals surface area contributed by atoms with E-state index in [9.17, 15) is 14.4 Å². The molecule has 0 aliphatic heterocycles. The van der Waals surface area contributed by atoms with Gasteiger partial charge in [-0.3, -0.25) is 4.79 Å². The predicted octanol–water partition coefficient (Wildman–Crippen LogP) is 3.34. The molecule has 1 aromatic heterocycles. The third-order valence-corrected chi connectivity index (χ3v) is 4.21. The van der Waals surface area contributed by atoms with Gasteiger partial charge in [0, 0.05) is 22.6 Å². The molecule has 0 aliphatic rings. The number of esters is 1. The van der Waals surface area contributed by atoms with Crippen molar-refractivity contribution >= 4 is 23.2 Å². The molecule has 0 aliphatic carbocycles. The summed E-state index contributed by atoms with van der Waals surface area (Å²) in [6, 6.07) is 11.4. The first-order valence-electron chi connectivity index (χ1n) is 8.34. The van der Waals surface area contributed by atoms with Gasteiger partial charge in [-0.05, 0) is 61.4 Å². The molecule has 6 nitrogen and oxygen atoms in total. The summed E-state index contributed by atoms with van der Waals surface area (Å²) in [5, 5.41) is 0.732. The van der Waals surface area contributed by atoms with E-state index in [0.29, 0.717) is 22.5 Å². The molecule has 138 valence electrons. The Morgan fingerprint density at radius 1 is 1.07 bits per heavy atom. The van der Waals surface area contributed by atoms with E-state index in [1.54, 1.807) is 30.3 Å². The van der Waals surface area contributed by atoms with Crippen LogP contribution in [0.3, 0.4) is 0 Å². The summed E-state index contributed by atoms with van der Waals surface area (Å²) in [5.74, 6) is -0.117. The van der Waals surface area contributed by atoms with Crippen molar-refractivity contribution < 1.29 is 23.5 Å². The Morgan fingerprint density at radius 3 is 2.48 bits per heavy atom. The Kier molecular flexibility index (Phi) is 5.35. The number of ether oxygens (including phenoxy) is 2. The first-order valence-corrected chi connectivity index (χ1v) is 8.34. The van der Waals surface area contributed by atoms with Gasteiger partial charge in [0.2, 0.25) is 0 Å². The largest absolute Gasteiger partial charge is 0.482 e. The van der Waals surface area contributed by atoms with Gasteiger partial charge < -0.3 is 13.9 Å². The van der Waals surface area contributed by atoms with Crippen LogP contribution in [0.1, 0.15) is 27.0 Å². The normalized spacial score (nSPS) is 10.6. The van der Waals surface area contributed by atoms with Crippen molar-refractivity contribution in [3.63, 3.8) is 0 Å². The fourth-order valence-electron chi connectivity index (χ4n) is 2.59. The minimum Gasteiger partial charge on any atom is -0.482 e. The monoisotopic (exact) mass is 366 g/mol. The van der Waals surface area contributed by atoms with Crippen LogP contribution in [-0.2, 0) is 16.1 Å². The lowest BCUT2D eigenvalue weighted by molar-refractivity contribution is -0.147. The molecule has 3 aromatic rings. The molecule has 1 heterocycles. The van der Waals surface area contributed by atoms with Gasteiger partial charge in [-0.25, -0.2) is 9.59 Å². The minimum atomic E-state index is -0.570. The topological polar surface area (TPSA) is 82.8 Å². The van der Waals surface area contributed by atoms with Crippen molar-refractivity contribution in [3.8, 4) is 5.75 Å². The molecule has 0 atom stereocenters. The van der Waals surface area contributed by atoms with Gasteiger partial charge in [-0.2, -0.15) is 0 Å². The van der Waals surface area contributed by atoms with Crippen molar-refractivity contribution in [1.82, 2.24) is 0 Å². The van der Waals surface area contributed by atoms with Crippen molar-refractivity contribution in [2.24, 2.45) is 0 Å². The van der Waals surface area contributed by atoms with Crippen LogP contribution in [0.4, 0.5) is 0 Å². The van der Waals surface area contributed by atoms with Crippen LogP contribution in [0.25, 0.3) is 11.0 Å². The number of carbonyl (C=O) groups is 2. The summed E-state index contributed by atoms with van der Waals surface area (Å²) in [6.45, 7) is 3.55. The lowest BCUT2D eigenvalue weighted by Crippen LogP contribution is -2.15. The number of carbonyl (C=O) groups excluding carboxylic acids is 2. The predicted molar refractivity (Wildman–Crippen MR) is 99.1 cm³/mol. The van der Waals surface area contributed by atoms with E-state index in [1.165, 1.54) is 6.07 Å². The van der Waals surface area contributed by atoms with E-state index >= 15 is 0 Å². The highest BCUT2D eigenvalue weighted by atomic mass is 16.6. The van der Waals surface area contributed by atoms with Gasteiger partial charge in [0.1, 0.15) is 24.2 Å². The third kappa shape index (κ3) is 4.41. The number of benzene rings is 2. The van der Waals surface area contributed by atoms with E-state index < -0.39 is 11.6 Å². The molecule has 27 heavy (non-hydrogen) atoms.